The minimum Gasteiger partial charge on any atom is -0.441 e. The van der Waals surface area contributed by atoms with Crippen LogP contribution in [-0.4, -0.2) is 118 Å². The number of halogens is 10. The van der Waals surface area contributed by atoms with Crippen molar-refractivity contribution in [1.82, 2.24) is 71.1 Å². The molecule has 5 aliphatic heterocycles. The van der Waals surface area contributed by atoms with Gasteiger partial charge in [0, 0.05) is 51.6 Å². The molecular formula is C64H52Cl4F6N14O10. The van der Waals surface area contributed by atoms with E-state index in [-0.39, 0.29) is 98.2 Å². The molecule has 14 rings (SSSR count). The lowest BCUT2D eigenvalue weighted by molar-refractivity contribution is -0.240. The van der Waals surface area contributed by atoms with Crippen LogP contribution in [0.5, 0.6) is 0 Å². The maximum absolute atomic E-state index is 14.7. The fraction of sp³-hybridized carbons (Fsp3) is 0.281. The zero-order valence-electron chi connectivity index (χ0n) is 50.8. The van der Waals surface area contributed by atoms with Crippen molar-refractivity contribution in [1.29, 1.82) is 0 Å². The molecule has 4 N–H and O–H groups in total. The number of carbonyl (C=O) groups excluding carboxylic acids is 2. The molecule has 8 heterocycles. The first-order valence-electron chi connectivity index (χ1n) is 30.2. The van der Waals surface area contributed by atoms with Crippen LogP contribution in [0, 0.1) is 48.8 Å². The minimum absolute atomic E-state index is 0.0498. The number of aryl methyl sites for hydroxylation is 2. The number of rotatable bonds is 17. The Morgan fingerprint density at radius 2 is 1.03 bits per heavy atom. The molecule has 5 aliphatic rings. The number of nitrogens with zero attached hydrogens (tertiary/aromatic N) is 10. The first-order valence-corrected chi connectivity index (χ1v) is 31.7. The summed E-state index contributed by atoms with van der Waals surface area (Å²) in [6.07, 6.45) is -11.4. The monoisotopic (exact) mass is 1430 g/mol. The zero-order chi connectivity index (χ0) is 68.2. The molecule has 0 saturated carbocycles. The molecule has 98 heavy (non-hydrogen) atoms. The number of nitrogens with one attached hydrogen (secondary N) is 4. The highest BCUT2D eigenvalue weighted by Crippen LogP contribution is 2.50. The van der Waals surface area contributed by atoms with Crippen LogP contribution in [0.4, 0.5) is 35.9 Å². The number of aromatic nitrogens is 9. The maximum atomic E-state index is 14.7. The number of ether oxygens (including phenoxy) is 8. The van der Waals surface area contributed by atoms with Crippen LogP contribution in [0.15, 0.2) is 134 Å². The van der Waals surface area contributed by atoms with E-state index in [4.69, 9.17) is 94.3 Å². The average molecular weight is 1430 g/mol. The quantitative estimate of drug-likeness (QED) is 0.0376. The molecule has 0 bridgehead atoms. The van der Waals surface area contributed by atoms with Crippen LogP contribution in [0.25, 0.3) is 28.3 Å². The van der Waals surface area contributed by atoms with E-state index in [1.807, 2.05) is 0 Å². The Bertz CT molecular complexity index is 4490. The lowest BCUT2D eigenvalue weighted by Crippen LogP contribution is -2.63. The third-order valence-electron chi connectivity index (χ3n) is 16.4. The van der Waals surface area contributed by atoms with Gasteiger partial charge in [-0.1, -0.05) is 112 Å². The van der Waals surface area contributed by atoms with Gasteiger partial charge in [-0.25, -0.2) is 59.9 Å². The molecule has 9 aromatic rings. The van der Waals surface area contributed by atoms with E-state index in [0.29, 0.717) is 16.1 Å². The minimum atomic E-state index is -1.69. The van der Waals surface area contributed by atoms with Gasteiger partial charge in [-0.05, 0) is 87.4 Å². The molecule has 0 aliphatic carbocycles. The number of hydrazine groups is 2. The molecule has 4 fully saturated rings. The Morgan fingerprint density at radius 1 is 0.571 bits per heavy atom. The molecule has 12 atom stereocenters. The van der Waals surface area contributed by atoms with Crippen molar-refractivity contribution in [2.75, 3.05) is 13.1 Å². The summed E-state index contributed by atoms with van der Waals surface area (Å²) in [5.41, 5.74) is 7.26. The van der Waals surface area contributed by atoms with Crippen molar-refractivity contribution < 1.29 is 73.8 Å². The van der Waals surface area contributed by atoms with E-state index in [1.54, 1.807) is 111 Å². The third-order valence-corrected chi connectivity index (χ3v) is 17.6. The fourth-order valence-corrected chi connectivity index (χ4v) is 12.8. The van der Waals surface area contributed by atoms with Crippen LogP contribution >= 0.6 is 46.4 Å². The predicted octanol–water partition coefficient (Wildman–Crippen LogP) is 11.8. The SMILES string of the molecule is Cc1nc(C2OC3OC(c4ccccc4)OC3C(N3C=C(c4cc(F)c(F)c(F)c4)NN3)C2OC(=O)NCCCCNC(=O)OC2C(c3nc(C)nn3-c3cc(Cl)ccc3Cl)OC3OC(c4ccccc4)OC3C2n2cc(-c3cc(F)c(F)c(F)c3)nn2)n(-c2cc(Cl)ccc2Cl)n1. The topological polar surface area (TPSA) is 251 Å². The van der Waals surface area contributed by atoms with Crippen LogP contribution < -0.4 is 21.6 Å². The first kappa shape index (κ1) is 66.3. The molecule has 3 aromatic heterocycles. The van der Waals surface area contributed by atoms with Crippen LogP contribution in [0.1, 0.15) is 83.7 Å². The lowest BCUT2D eigenvalue weighted by Gasteiger charge is -2.44. The van der Waals surface area contributed by atoms with Crippen molar-refractivity contribution in [3.63, 3.8) is 0 Å². The standard InChI is InChI=1S/C64H52Cl4F6N14O10/c1-29-77-57(87(81-29)45-25-35(65)15-17-37(45)67)55-51(49(53-61(93-55)97-59(91-53)31-11-5-3-6-12-31)85-27-43(79-83-85)33-21-39(69)47(73)40(70)22-33)95-63(89)75-19-9-10-20-76-64(90)96-52-50(86-28-44(80-84-86)34-23-41(71)48(74)42(72)24-34)54-62(98-60(92-54)32-13-7-4-8-14-32)94-56(52)58-78-30(2)82-88(58)46-26-36(66)16-18-38(46)68/h3-8,11-18,21-28,49-56,59-62,79,83H,9-10,19-20H2,1-2H3,(H,75,89)(H,76,90). The Balaban J connectivity index is 0.728. The van der Waals surface area contributed by atoms with Gasteiger partial charge in [0.05, 0.1) is 33.3 Å². The number of benzene rings is 6. The number of alkyl carbamates (subject to hydrolysis) is 2. The second-order valence-corrected chi connectivity index (χ2v) is 24.6. The summed E-state index contributed by atoms with van der Waals surface area (Å²) in [4.78, 5) is 38.4. The summed E-state index contributed by atoms with van der Waals surface area (Å²) in [7, 11) is 0. The molecular weight excluding hydrogens is 1380 g/mol. The molecule has 0 spiro atoms. The second-order valence-electron chi connectivity index (χ2n) is 22.9. The zero-order valence-corrected chi connectivity index (χ0v) is 53.8. The molecule has 0 radical (unpaired) electrons. The van der Waals surface area contributed by atoms with Gasteiger partial charge in [-0.15, -0.1) is 10.6 Å². The Morgan fingerprint density at radius 3 is 1.52 bits per heavy atom. The Kier molecular flexibility index (Phi) is 18.8. The highest BCUT2D eigenvalue weighted by molar-refractivity contribution is 6.35. The molecule has 508 valence electrons. The van der Waals surface area contributed by atoms with Crippen molar-refractivity contribution in [3.8, 4) is 22.6 Å². The number of amides is 2. The van der Waals surface area contributed by atoms with E-state index >= 15 is 0 Å². The van der Waals surface area contributed by atoms with E-state index in [2.05, 4.69) is 42.1 Å². The van der Waals surface area contributed by atoms with Crippen LogP contribution in [-0.2, 0) is 37.9 Å². The van der Waals surface area contributed by atoms with Crippen molar-refractivity contribution in [2.45, 2.75) is 101 Å². The fourth-order valence-electron chi connectivity index (χ4n) is 12.0. The largest absolute Gasteiger partial charge is 0.441 e. The highest BCUT2D eigenvalue weighted by atomic mass is 35.5. The van der Waals surface area contributed by atoms with Gasteiger partial charge >= 0.3 is 12.2 Å². The average Bonchev–Trinajstić information content (AvgIpc) is 1.59. The summed E-state index contributed by atoms with van der Waals surface area (Å²) in [5, 5.41) is 25.7. The molecule has 24 nitrogen and oxygen atoms in total. The number of hydrogen-bond acceptors (Lipinski definition) is 19. The van der Waals surface area contributed by atoms with Gasteiger partial charge in [0.15, 0.2) is 96.1 Å². The van der Waals surface area contributed by atoms with Gasteiger partial charge < -0.3 is 54.0 Å². The van der Waals surface area contributed by atoms with Crippen molar-refractivity contribution in [2.24, 2.45) is 0 Å². The maximum Gasteiger partial charge on any atom is 0.407 e. The third kappa shape index (κ3) is 13.3. The number of carbonyl (C=O) groups is 2. The number of hydrogen-bond donors (Lipinski definition) is 4. The van der Waals surface area contributed by atoms with Crippen LogP contribution in [0.3, 0.4) is 0 Å². The van der Waals surface area contributed by atoms with E-state index < -0.39 is 121 Å². The highest BCUT2D eigenvalue weighted by Gasteiger charge is 2.60. The van der Waals surface area contributed by atoms with E-state index in [0.717, 1.165) is 24.3 Å². The lowest BCUT2D eigenvalue weighted by atomic mass is 9.94. The van der Waals surface area contributed by atoms with Gasteiger partial charge in [-0.3, -0.25) is 5.01 Å². The molecule has 4 saturated heterocycles. The summed E-state index contributed by atoms with van der Waals surface area (Å²) in [6, 6.07) is 27.8. The molecule has 12 unspecified atom stereocenters. The van der Waals surface area contributed by atoms with Gasteiger partial charge in [0.25, 0.3) is 0 Å². The normalized spacial score (nSPS) is 24.2. The van der Waals surface area contributed by atoms with Gasteiger partial charge in [0.1, 0.15) is 41.6 Å². The first-order chi connectivity index (χ1) is 47.3. The molecule has 34 heteroatoms. The van der Waals surface area contributed by atoms with Gasteiger partial charge in [-0.2, -0.15) is 10.2 Å². The molecule has 2 amide bonds. The van der Waals surface area contributed by atoms with Crippen molar-refractivity contribution in [3.05, 3.63) is 229 Å². The predicted molar refractivity (Wildman–Crippen MR) is 334 cm³/mol. The van der Waals surface area contributed by atoms with Crippen LogP contribution in [0.2, 0.25) is 20.1 Å². The smallest absolute Gasteiger partial charge is 0.407 e. The summed E-state index contributed by atoms with van der Waals surface area (Å²) in [6.45, 7) is 3.12. The second kappa shape index (κ2) is 27.8. The molecule has 6 aromatic carbocycles. The number of unbranched alkanes of at least 4 members (excludes halogenated alkanes) is 1. The number of fused-ring (bicyclic) bond motifs is 2. The Hall–Kier alpha value is -8.92. The summed E-state index contributed by atoms with van der Waals surface area (Å²) >= 11 is 26.5. The van der Waals surface area contributed by atoms with E-state index in [1.165, 1.54) is 31.5 Å². The van der Waals surface area contributed by atoms with E-state index in [9.17, 15) is 35.9 Å². The van der Waals surface area contributed by atoms with Gasteiger partial charge in [0.2, 0.25) is 0 Å². The Labute approximate surface area is 571 Å². The summed E-state index contributed by atoms with van der Waals surface area (Å²) < 4.78 is 144. The summed E-state index contributed by atoms with van der Waals surface area (Å²) in [5.74, 6) is -8.62. The van der Waals surface area contributed by atoms with Crippen molar-refractivity contribution >= 4 is 64.3 Å².